The van der Waals surface area contributed by atoms with Crippen molar-refractivity contribution in [1.82, 2.24) is 0 Å². The third kappa shape index (κ3) is 5.86. The molecule has 0 N–H and O–H groups in total. The molecule has 0 spiro atoms. The van der Waals surface area contributed by atoms with Crippen LogP contribution in [0.4, 0.5) is 0 Å². The van der Waals surface area contributed by atoms with Gasteiger partial charge in [-0.05, 0) is 0 Å². The van der Waals surface area contributed by atoms with Crippen molar-refractivity contribution in [3.8, 4) is 0 Å². The van der Waals surface area contributed by atoms with Crippen LogP contribution in [-0.2, 0) is 28.6 Å². The van der Waals surface area contributed by atoms with Crippen molar-refractivity contribution in [2.24, 2.45) is 0 Å². The summed E-state index contributed by atoms with van der Waals surface area (Å²) in [4.78, 5) is 0. The molecule has 0 aliphatic rings. The molecule has 82 valence electrons. The maximum absolute atomic E-state index is 10.6. The third-order valence-electron chi connectivity index (χ3n) is 0.987. The molecule has 0 saturated heterocycles. The molecule has 0 aromatic carbocycles. The van der Waals surface area contributed by atoms with Gasteiger partial charge in [-0.1, -0.05) is 13.2 Å². The van der Waals surface area contributed by atoms with E-state index in [9.17, 15) is 16.8 Å². The SMILES string of the molecule is C=CS(=O)(=O)OCCOS(=O)(=O)C=C. The van der Waals surface area contributed by atoms with Crippen LogP contribution in [0, 0.1) is 0 Å². The van der Waals surface area contributed by atoms with Gasteiger partial charge >= 0.3 is 0 Å². The molecular formula is C6H10O6S2. The van der Waals surface area contributed by atoms with Gasteiger partial charge in [-0.3, -0.25) is 8.37 Å². The van der Waals surface area contributed by atoms with E-state index in [2.05, 4.69) is 21.5 Å². The molecule has 0 amide bonds. The van der Waals surface area contributed by atoms with Gasteiger partial charge in [-0.15, -0.1) is 0 Å². The van der Waals surface area contributed by atoms with E-state index in [0.29, 0.717) is 10.8 Å². The summed E-state index contributed by atoms with van der Waals surface area (Å²) in [6.07, 6.45) is 0. The molecule has 0 unspecified atom stereocenters. The first-order chi connectivity index (χ1) is 6.33. The Hall–Kier alpha value is -0.700. The molecule has 0 rings (SSSR count). The first-order valence-electron chi connectivity index (χ1n) is 3.37. The molecule has 0 radical (unpaired) electrons. The van der Waals surface area contributed by atoms with Crippen LogP contribution in [-0.4, -0.2) is 30.0 Å². The lowest BCUT2D eigenvalue weighted by atomic mass is 10.8. The minimum atomic E-state index is -3.78. The van der Waals surface area contributed by atoms with Crippen molar-refractivity contribution >= 4 is 20.2 Å². The van der Waals surface area contributed by atoms with E-state index in [-0.39, 0.29) is 0 Å². The van der Waals surface area contributed by atoms with Gasteiger partial charge in [-0.25, -0.2) is 0 Å². The summed E-state index contributed by atoms with van der Waals surface area (Å²) in [6.45, 7) is 5.17. The standard InChI is InChI=1S/C6H10O6S2/c1-3-13(7,8)11-5-6-12-14(9,10)4-2/h3-4H,1-2,5-6H2. The Morgan fingerprint density at radius 2 is 1.14 bits per heavy atom. The van der Waals surface area contributed by atoms with Crippen molar-refractivity contribution in [3.05, 3.63) is 24.0 Å². The predicted molar refractivity (Wildman–Crippen MR) is 50.1 cm³/mol. The van der Waals surface area contributed by atoms with Gasteiger partial charge < -0.3 is 0 Å². The lowest BCUT2D eigenvalue weighted by Gasteiger charge is -2.01. The molecule has 0 atom stereocenters. The van der Waals surface area contributed by atoms with Crippen LogP contribution in [0.1, 0.15) is 0 Å². The summed E-state index contributed by atoms with van der Waals surface area (Å²) in [5.41, 5.74) is 0. The van der Waals surface area contributed by atoms with Crippen molar-refractivity contribution in [1.29, 1.82) is 0 Å². The average molecular weight is 242 g/mol. The fourth-order valence-electron chi connectivity index (χ4n) is 0.397. The van der Waals surface area contributed by atoms with Crippen molar-refractivity contribution in [3.63, 3.8) is 0 Å². The zero-order valence-electron chi connectivity index (χ0n) is 7.25. The zero-order valence-corrected chi connectivity index (χ0v) is 8.88. The molecule has 0 aromatic heterocycles. The van der Waals surface area contributed by atoms with Crippen LogP contribution in [0.2, 0.25) is 0 Å². The number of hydrogen-bond acceptors (Lipinski definition) is 6. The highest BCUT2D eigenvalue weighted by atomic mass is 32.2. The van der Waals surface area contributed by atoms with E-state index in [1.807, 2.05) is 0 Å². The minimum absolute atomic E-state index is 0.401. The Bertz CT molecular complexity index is 350. The molecule has 0 saturated carbocycles. The van der Waals surface area contributed by atoms with Crippen LogP contribution < -0.4 is 0 Å². The molecule has 6 nitrogen and oxygen atoms in total. The second-order valence-electron chi connectivity index (χ2n) is 1.96. The van der Waals surface area contributed by atoms with E-state index in [0.717, 1.165) is 0 Å². The third-order valence-corrected chi connectivity index (χ3v) is 2.79. The van der Waals surface area contributed by atoms with Gasteiger partial charge in [0, 0.05) is 0 Å². The van der Waals surface area contributed by atoms with Crippen LogP contribution in [0.25, 0.3) is 0 Å². The van der Waals surface area contributed by atoms with Gasteiger partial charge in [0.1, 0.15) is 0 Å². The Morgan fingerprint density at radius 3 is 1.36 bits per heavy atom. The minimum Gasteiger partial charge on any atom is -0.264 e. The highest BCUT2D eigenvalue weighted by molar-refractivity contribution is 7.90. The smallest absolute Gasteiger partial charge is 0.264 e. The molecular weight excluding hydrogens is 232 g/mol. The van der Waals surface area contributed by atoms with Crippen LogP contribution in [0.15, 0.2) is 24.0 Å². The van der Waals surface area contributed by atoms with Gasteiger partial charge in [0.25, 0.3) is 20.2 Å². The van der Waals surface area contributed by atoms with E-state index >= 15 is 0 Å². The molecule has 0 aliphatic carbocycles. The quantitative estimate of drug-likeness (QED) is 0.460. The Kier molecular flexibility index (Phi) is 4.99. The summed E-state index contributed by atoms with van der Waals surface area (Å²) in [5, 5.41) is 1.21. The second-order valence-corrected chi connectivity index (χ2v) is 5.07. The Labute approximate surface area is 83.1 Å². The lowest BCUT2D eigenvalue weighted by molar-refractivity contribution is 0.229. The van der Waals surface area contributed by atoms with E-state index < -0.39 is 33.5 Å². The summed E-state index contributed by atoms with van der Waals surface area (Å²) < 4.78 is 51.0. The molecule has 0 fully saturated rings. The Morgan fingerprint density at radius 1 is 0.857 bits per heavy atom. The summed E-state index contributed by atoms with van der Waals surface area (Å²) in [6, 6.07) is 0. The predicted octanol–water partition coefficient (Wildman–Crippen LogP) is -0.0338. The van der Waals surface area contributed by atoms with E-state index in [1.54, 1.807) is 0 Å². The first kappa shape index (κ1) is 13.3. The van der Waals surface area contributed by atoms with Crippen molar-refractivity contribution in [2.45, 2.75) is 0 Å². The number of rotatable bonds is 7. The van der Waals surface area contributed by atoms with Gasteiger partial charge in [0.2, 0.25) is 0 Å². The molecule has 0 heterocycles. The van der Waals surface area contributed by atoms with Gasteiger partial charge in [0.15, 0.2) is 0 Å². The van der Waals surface area contributed by atoms with E-state index in [1.165, 1.54) is 0 Å². The molecule has 0 bridgehead atoms. The van der Waals surface area contributed by atoms with Crippen LogP contribution in [0.5, 0.6) is 0 Å². The highest BCUT2D eigenvalue weighted by Crippen LogP contribution is 1.96. The topological polar surface area (TPSA) is 86.7 Å². The monoisotopic (exact) mass is 242 g/mol. The Balaban J connectivity index is 3.90. The number of hydrogen-bond donors (Lipinski definition) is 0. The first-order valence-corrected chi connectivity index (χ1v) is 6.31. The highest BCUT2D eigenvalue weighted by Gasteiger charge is 2.07. The summed E-state index contributed by atoms with van der Waals surface area (Å²) >= 11 is 0. The van der Waals surface area contributed by atoms with Crippen LogP contribution >= 0.6 is 0 Å². The van der Waals surface area contributed by atoms with Crippen molar-refractivity contribution < 1.29 is 25.2 Å². The summed E-state index contributed by atoms with van der Waals surface area (Å²) in [5.74, 6) is 0. The average Bonchev–Trinajstić information content (AvgIpc) is 2.13. The maximum Gasteiger partial charge on any atom is 0.289 e. The van der Waals surface area contributed by atoms with Gasteiger partial charge in [-0.2, -0.15) is 16.8 Å². The normalized spacial score (nSPS) is 12.3. The van der Waals surface area contributed by atoms with Crippen molar-refractivity contribution in [2.75, 3.05) is 13.2 Å². The fourth-order valence-corrected chi connectivity index (χ4v) is 1.19. The largest absolute Gasteiger partial charge is 0.289 e. The molecule has 8 heteroatoms. The second kappa shape index (κ2) is 5.25. The van der Waals surface area contributed by atoms with Crippen LogP contribution in [0.3, 0.4) is 0 Å². The zero-order chi connectivity index (χ0) is 11.2. The molecule has 0 aliphatic heterocycles. The lowest BCUT2D eigenvalue weighted by Crippen LogP contribution is -2.11. The molecule has 0 aromatic rings. The fraction of sp³-hybridized carbons (Fsp3) is 0.333. The maximum atomic E-state index is 10.6. The van der Waals surface area contributed by atoms with Gasteiger partial charge in [0.05, 0.1) is 24.0 Å². The summed E-state index contributed by atoms with van der Waals surface area (Å²) in [7, 11) is -7.56. The molecule has 14 heavy (non-hydrogen) atoms. The van der Waals surface area contributed by atoms with E-state index in [4.69, 9.17) is 0 Å².